The fraction of sp³-hybridized carbons (Fsp3) is 0.188. The predicted molar refractivity (Wildman–Crippen MR) is 75.1 cm³/mol. The van der Waals surface area contributed by atoms with E-state index in [2.05, 4.69) is 5.32 Å². The van der Waals surface area contributed by atoms with E-state index in [1.54, 1.807) is 6.07 Å². The van der Waals surface area contributed by atoms with Gasteiger partial charge in [-0.1, -0.05) is 18.2 Å². The molecule has 0 bridgehead atoms. The maximum absolute atomic E-state index is 13.5. The van der Waals surface area contributed by atoms with Gasteiger partial charge in [-0.3, -0.25) is 4.79 Å². The van der Waals surface area contributed by atoms with Crippen LogP contribution < -0.4 is 5.32 Å². The standard InChI is InChI=1S/C16H13F4NO2/c17-13-4-2-1-3-12(13)14(22)9-21-15(23)10-5-7-11(8-6-10)16(18,19)20/h1-8,14,22H,9H2,(H,21,23). The lowest BCUT2D eigenvalue weighted by Crippen LogP contribution is -2.28. The number of hydrogen-bond acceptors (Lipinski definition) is 2. The topological polar surface area (TPSA) is 49.3 Å². The van der Waals surface area contributed by atoms with Crippen molar-refractivity contribution in [2.75, 3.05) is 6.54 Å². The molecule has 2 rings (SSSR count). The number of rotatable bonds is 4. The Bertz CT molecular complexity index is 683. The number of halogens is 4. The Balaban J connectivity index is 1.98. The van der Waals surface area contributed by atoms with Crippen LogP contribution in [0.1, 0.15) is 27.6 Å². The number of amides is 1. The summed E-state index contributed by atoms with van der Waals surface area (Å²) < 4.78 is 50.8. The number of alkyl halides is 3. The molecule has 23 heavy (non-hydrogen) atoms. The molecular formula is C16H13F4NO2. The van der Waals surface area contributed by atoms with Crippen LogP contribution in [0.3, 0.4) is 0 Å². The Labute approximate surface area is 129 Å². The van der Waals surface area contributed by atoms with E-state index in [9.17, 15) is 27.5 Å². The smallest absolute Gasteiger partial charge is 0.386 e. The Kier molecular flexibility index (Phi) is 5.00. The Hall–Kier alpha value is -2.41. The van der Waals surface area contributed by atoms with Gasteiger partial charge in [0, 0.05) is 17.7 Å². The van der Waals surface area contributed by atoms with E-state index in [1.165, 1.54) is 18.2 Å². The molecule has 0 radical (unpaired) electrons. The molecule has 0 saturated heterocycles. The molecule has 0 aromatic heterocycles. The van der Waals surface area contributed by atoms with Crippen LogP contribution in [0.2, 0.25) is 0 Å². The van der Waals surface area contributed by atoms with Crippen LogP contribution in [0.5, 0.6) is 0 Å². The second-order valence-corrected chi connectivity index (χ2v) is 4.82. The highest BCUT2D eigenvalue weighted by atomic mass is 19.4. The normalized spacial score (nSPS) is 12.7. The molecule has 3 nitrogen and oxygen atoms in total. The van der Waals surface area contributed by atoms with Crippen molar-refractivity contribution < 1.29 is 27.5 Å². The van der Waals surface area contributed by atoms with Crippen molar-refractivity contribution in [1.29, 1.82) is 0 Å². The zero-order chi connectivity index (χ0) is 17.0. The van der Waals surface area contributed by atoms with Gasteiger partial charge >= 0.3 is 6.18 Å². The van der Waals surface area contributed by atoms with Crippen LogP contribution in [0.15, 0.2) is 48.5 Å². The highest BCUT2D eigenvalue weighted by Crippen LogP contribution is 2.29. The van der Waals surface area contributed by atoms with E-state index >= 15 is 0 Å². The predicted octanol–water partition coefficient (Wildman–Crippen LogP) is 3.31. The first-order valence-electron chi connectivity index (χ1n) is 6.67. The van der Waals surface area contributed by atoms with Crippen LogP contribution >= 0.6 is 0 Å². The van der Waals surface area contributed by atoms with E-state index in [0.29, 0.717) is 0 Å². The summed E-state index contributed by atoms with van der Waals surface area (Å²) in [4.78, 5) is 11.8. The van der Waals surface area contributed by atoms with Gasteiger partial charge < -0.3 is 10.4 Å². The third-order valence-electron chi connectivity index (χ3n) is 3.19. The van der Waals surface area contributed by atoms with Gasteiger partial charge in [0.25, 0.3) is 5.91 Å². The number of carbonyl (C=O) groups is 1. The summed E-state index contributed by atoms with van der Waals surface area (Å²) in [6.07, 6.45) is -5.73. The number of hydrogen-bond donors (Lipinski definition) is 2. The second-order valence-electron chi connectivity index (χ2n) is 4.82. The Morgan fingerprint density at radius 1 is 1.09 bits per heavy atom. The van der Waals surface area contributed by atoms with Crippen LogP contribution in [0.4, 0.5) is 17.6 Å². The average molecular weight is 327 g/mol. The number of benzene rings is 2. The van der Waals surface area contributed by atoms with Gasteiger partial charge in [-0.25, -0.2) is 4.39 Å². The number of aliphatic hydroxyl groups excluding tert-OH is 1. The quantitative estimate of drug-likeness (QED) is 0.847. The molecule has 2 aromatic rings. The summed E-state index contributed by atoms with van der Waals surface area (Å²) >= 11 is 0. The summed E-state index contributed by atoms with van der Waals surface area (Å²) in [5.74, 6) is -1.27. The minimum Gasteiger partial charge on any atom is -0.386 e. The van der Waals surface area contributed by atoms with Crippen molar-refractivity contribution in [2.45, 2.75) is 12.3 Å². The zero-order valence-corrected chi connectivity index (χ0v) is 11.8. The molecule has 0 aliphatic rings. The summed E-state index contributed by atoms with van der Waals surface area (Å²) in [5, 5.41) is 12.2. The van der Waals surface area contributed by atoms with Gasteiger partial charge in [-0.05, 0) is 30.3 Å². The summed E-state index contributed by atoms with van der Waals surface area (Å²) in [6.45, 7) is -0.263. The molecule has 0 spiro atoms. The molecule has 2 N–H and O–H groups in total. The molecule has 0 aliphatic heterocycles. The minimum absolute atomic E-state index is 0.0127. The lowest BCUT2D eigenvalue weighted by molar-refractivity contribution is -0.137. The maximum atomic E-state index is 13.5. The van der Waals surface area contributed by atoms with Crippen LogP contribution in [0, 0.1) is 5.82 Å². The van der Waals surface area contributed by atoms with E-state index in [1.807, 2.05) is 0 Å². The molecule has 0 aliphatic carbocycles. The second kappa shape index (κ2) is 6.78. The molecule has 2 aromatic carbocycles. The van der Waals surface area contributed by atoms with Gasteiger partial charge in [-0.15, -0.1) is 0 Å². The summed E-state index contributed by atoms with van der Waals surface area (Å²) in [5.41, 5.74) is -0.820. The minimum atomic E-state index is -4.48. The highest BCUT2D eigenvalue weighted by molar-refractivity contribution is 5.94. The van der Waals surface area contributed by atoms with Crippen molar-refractivity contribution in [2.24, 2.45) is 0 Å². The van der Waals surface area contributed by atoms with Crippen LogP contribution in [-0.2, 0) is 6.18 Å². The largest absolute Gasteiger partial charge is 0.416 e. The van der Waals surface area contributed by atoms with Crippen molar-refractivity contribution in [3.63, 3.8) is 0 Å². The van der Waals surface area contributed by atoms with Crippen LogP contribution in [-0.4, -0.2) is 17.6 Å². The lowest BCUT2D eigenvalue weighted by atomic mass is 10.1. The maximum Gasteiger partial charge on any atom is 0.416 e. The van der Waals surface area contributed by atoms with Crippen molar-refractivity contribution in [3.8, 4) is 0 Å². The molecule has 1 amide bonds. The average Bonchev–Trinajstić information content (AvgIpc) is 2.52. The van der Waals surface area contributed by atoms with Gasteiger partial charge in [-0.2, -0.15) is 13.2 Å². The van der Waals surface area contributed by atoms with Gasteiger partial charge in [0.15, 0.2) is 0 Å². The highest BCUT2D eigenvalue weighted by Gasteiger charge is 2.30. The van der Waals surface area contributed by atoms with Crippen molar-refractivity contribution in [3.05, 3.63) is 71.0 Å². The van der Waals surface area contributed by atoms with Gasteiger partial charge in [0.2, 0.25) is 0 Å². The van der Waals surface area contributed by atoms with E-state index in [4.69, 9.17) is 0 Å². The first-order valence-corrected chi connectivity index (χ1v) is 6.67. The summed E-state index contributed by atoms with van der Waals surface area (Å²) in [7, 11) is 0. The van der Waals surface area contributed by atoms with Crippen molar-refractivity contribution >= 4 is 5.91 Å². The third-order valence-corrected chi connectivity index (χ3v) is 3.19. The first kappa shape index (κ1) is 17.0. The fourth-order valence-corrected chi connectivity index (χ4v) is 1.96. The molecule has 1 unspecified atom stereocenters. The fourth-order valence-electron chi connectivity index (χ4n) is 1.96. The molecule has 1 atom stereocenters. The van der Waals surface area contributed by atoms with E-state index in [-0.39, 0.29) is 17.7 Å². The Morgan fingerprint density at radius 3 is 2.26 bits per heavy atom. The van der Waals surface area contributed by atoms with Crippen molar-refractivity contribution in [1.82, 2.24) is 5.32 Å². The van der Waals surface area contributed by atoms with Crippen LogP contribution in [0.25, 0.3) is 0 Å². The first-order chi connectivity index (χ1) is 10.8. The zero-order valence-electron chi connectivity index (χ0n) is 11.8. The number of carbonyl (C=O) groups excluding carboxylic acids is 1. The Morgan fingerprint density at radius 2 is 1.70 bits per heavy atom. The van der Waals surface area contributed by atoms with E-state index in [0.717, 1.165) is 24.3 Å². The SMILES string of the molecule is O=C(NCC(O)c1ccccc1F)c1ccc(C(F)(F)F)cc1. The molecule has 7 heteroatoms. The molecule has 0 heterocycles. The number of aliphatic hydroxyl groups is 1. The molecule has 0 fully saturated rings. The lowest BCUT2D eigenvalue weighted by Gasteiger charge is -2.13. The number of nitrogens with one attached hydrogen (secondary N) is 1. The van der Waals surface area contributed by atoms with E-state index < -0.39 is 29.6 Å². The van der Waals surface area contributed by atoms with Gasteiger partial charge in [0.1, 0.15) is 5.82 Å². The molecule has 122 valence electrons. The molecule has 0 saturated carbocycles. The summed E-state index contributed by atoms with van der Waals surface area (Å²) in [6, 6.07) is 9.22. The van der Waals surface area contributed by atoms with Gasteiger partial charge in [0.05, 0.1) is 11.7 Å². The third kappa shape index (κ3) is 4.29. The molecular weight excluding hydrogens is 314 g/mol. The monoisotopic (exact) mass is 327 g/mol.